The van der Waals surface area contributed by atoms with E-state index in [9.17, 15) is 9.59 Å². The summed E-state index contributed by atoms with van der Waals surface area (Å²) < 4.78 is 16.4. The fraction of sp³-hybridized carbons (Fsp3) is 0.545. The average Bonchev–Trinajstić information content (AvgIpc) is 3.35. The van der Waals surface area contributed by atoms with Gasteiger partial charge in [0.2, 0.25) is 0 Å². The molecule has 2 fully saturated rings. The molecule has 1 spiro atoms. The molecule has 1 aromatic rings. The van der Waals surface area contributed by atoms with E-state index in [-0.39, 0.29) is 42.7 Å². The largest absolute Gasteiger partial charge is 0.466 e. The number of benzene rings is 1. The number of β-amino-alcohol motifs (C(OH)–C–C–N with tert-alkyl or cyclic N) is 1. The first-order valence-electron chi connectivity index (χ1n) is 10.4. The lowest BCUT2D eigenvalue weighted by Crippen LogP contribution is -2.34. The molecule has 1 saturated carbocycles. The van der Waals surface area contributed by atoms with E-state index in [1.54, 1.807) is 0 Å². The van der Waals surface area contributed by atoms with Crippen molar-refractivity contribution in [3.05, 3.63) is 41.1 Å². The lowest BCUT2D eigenvalue weighted by atomic mass is 9.81. The summed E-state index contributed by atoms with van der Waals surface area (Å²) in [5.74, 6) is -0.772. The van der Waals surface area contributed by atoms with Crippen LogP contribution < -0.4 is 5.32 Å². The normalized spacial score (nSPS) is 21.5. The average molecular weight is 416 g/mol. The summed E-state index contributed by atoms with van der Waals surface area (Å²) in [6.45, 7) is 1.49. The SMILES string of the molecule is COC(=O)C1=C(Nc2ccc(C3CCC4(CC3)OCCO4)cc2)C(=O)N(CCO)C1. The number of aliphatic hydroxyl groups excluding tert-OH is 1. The van der Waals surface area contributed by atoms with Gasteiger partial charge < -0.3 is 29.5 Å². The number of rotatable bonds is 6. The van der Waals surface area contributed by atoms with Gasteiger partial charge in [-0.05, 0) is 36.5 Å². The van der Waals surface area contributed by atoms with Gasteiger partial charge >= 0.3 is 5.97 Å². The number of carbonyl (C=O) groups excluding carboxylic acids is 2. The predicted octanol–water partition coefficient (Wildman–Crippen LogP) is 1.76. The summed E-state index contributed by atoms with van der Waals surface area (Å²) in [6, 6.07) is 7.97. The van der Waals surface area contributed by atoms with E-state index in [2.05, 4.69) is 17.4 Å². The second kappa shape index (κ2) is 8.75. The quantitative estimate of drug-likeness (QED) is 0.682. The van der Waals surface area contributed by atoms with E-state index in [0.29, 0.717) is 19.1 Å². The van der Waals surface area contributed by atoms with Crippen LogP contribution in [-0.2, 0) is 23.8 Å². The molecule has 2 N–H and O–H groups in total. The van der Waals surface area contributed by atoms with Gasteiger partial charge in [-0.2, -0.15) is 0 Å². The molecule has 1 amide bonds. The van der Waals surface area contributed by atoms with Crippen LogP contribution >= 0.6 is 0 Å². The Morgan fingerprint density at radius 2 is 1.90 bits per heavy atom. The fourth-order valence-electron chi connectivity index (χ4n) is 4.51. The minimum Gasteiger partial charge on any atom is -0.466 e. The van der Waals surface area contributed by atoms with Crippen molar-refractivity contribution in [2.45, 2.75) is 37.4 Å². The Balaban J connectivity index is 1.43. The van der Waals surface area contributed by atoms with Crippen molar-refractivity contribution < 1.29 is 28.9 Å². The maximum atomic E-state index is 12.6. The Bertz CT molecular complexity index is 819. The Kier molecular flexibility index (Phi) is 6.08. The molecular formula is C22H28N2O6. The van der Waals surface area contributed by atoms with Crippen molar-refractivity contribution in [2.75, 3.05) is 45.3 Å². The molecule has 0 aromatic heterocycles. The molecule has 0 atom stereocenters. The molecule has 162 valence electrons. The van der Waals surface area contributed by atoms with Gasteiger partial charge in [-0.25, -0.2) is 4.79 Å². The van der Waals surface area contributed by atoms with E-state index < -0.39 is 5.97 Å². The number of esters is 1. The van der Waals surface area contributed by atoms with Crippen LogP contribution in [0.4, 0.5) is 5.69 Å². The summed E-state index contributed by atoms with van der Waals surface area (Å²) in [7, 11) is 1.29. The number of methoxy groups -OCH3 is 1. The maximum absolute atomic E-state index is 12.6. The van der Waals surface area contributed by atoms with Gasteiger partial charge in [-0.1, -0.05) is 12.1 Å². The molecule has 1 aromatic carbocycles. The van der Waals surface area contributed by atoms with E-state index in [1.807, 2.05) is 12.1 Å². The third-order valence-corrected chi connectivity index (χ3v) is 6.17. The van der Waals surface area contributed by atoms with Gasteiger partial charge in [0.15, 0.2) is 5.79 Å². The first-order valence-corrected chi connectivity index (χ1v) is 10.4. The van der Waals surface area contributed by atoms with Crippen LogP contribution in [0.1, 0.15) is 37.2 Å². The van der Waals surface area contributed by atoms with Crippen LogP contribution in [0.25, 0.3) is 0 Å². The Hall–Kier alpha value is -2.42. The molecule has 8 nitrogen and oxygen atoms in total. The van der Waals surface area contributed by atoms with Crippen LogP contribution in [0.3, 0.4) is 0 Å². The van der Waals surface area contributed by atoms with Crippen LogP contribution in [0, 0.1) is 0 Å². The van der Waals surface area contributed by atoms with E-state index in [1.165, 1.54) is 17.6 Å². The number of amides is 1. The van der Waals surface area contributed by atoms with Crippen molar-refractivity contribution in [3.8, 4) is 0 Å². The van der Waals surface area contributed by atoms with Crippen LogP contribution in [0.15, 0.2) is 35.5 Å². The molecular weight excluding hydrogens is 388 g/mol. The highest BCUT2D eigenvalue weighted by Gasteiger charge is 2.40. The topological polar surface area (TPSA) is 97.3 Å². The molecule has 30 heavy (non-hydrogen) atoms. The Morgan fingerprint density at radius 1 is 1.23 bits per heavy atom. The number of carbonyl (C=O) groups is 2. The molecule has 0 unspecified atom stereocenters. The predicted molar refractivity (Wildman–Crippen MR) is 109 cm³/mol. The molecule has 8 heteroatoms. The number of ether oxygens (including phenoxy) is 3. The Labute approximate surface area is 175 Å². The van der Waals surface area contributed by atoms with E-state index >= 15 is 0 Å². The second-order valence-electron chi connectivity index (χ2n) is 7.92. The van der Waals surface area contributed by atoms with Gasteiger partial charge in [0.1, 0.15) is 5.70 Å². The molecule has 3 aliphatic rings. The molecule has 1 saturated heterocycles. The van der Waals surface area contributed by atoms with Crippen LogP contribution in [0.5, 0.6) is 0 Å². The number of hydrogen-bond acceptors (Lipinski definition) is 7. The molecule has 2 aliphatic heterocycles. The minimum absolute atomic E-state index is 0.125. The zero-order chi connectivity index (χ0) is 21.1. The zero-order valence-corrected chi connectivity index (χ0v) is 17.2. The molecule has 2 heterocycles. The van der Waals surface area contributed by atoms with Gasteiger partial charge in [-0.15, -0.1) is 0 Å². The highest BCUT2D eigenvalue weighted by atomic mass is 16.7. The number of anilines is 1. The zero-order valence-electron chi connectivity index (χ0n) is 17.2. The van der Waals surface area contributed by atoms with Crippen molar-refractivity contribution >= 4 is 17.6 Å². The van der Waals surface area contributed by atoms with Crippen molar-refractivity contribution in [2.24, 2.45) is 0 Å². The lowest BCUT2D eigenvalue weighted by molar-refractivity contribution is -0.178. The van der Waals surface area contributed by atoms with Crippen LogP contribution in [-0.4, -0.2) is 67.7 Å². The molecule has 1 aliphatic carbocycles. The lowest BCUT2D eigenvalue weighted by Gasteiger charge is -2.35. The summed E-state index contributed by atoms with van der Waals surface area (Å²) in [4.78, 5) is 26.2. The highest BCUT2D eigenvalue weighted by Crippen LogP contribution is 2.42. The third kappa shape index (κ3) is 4.08. The monoisotopic (exact) mass is 416 g/mol. The maximum Gasteiger partial charge on any atom is 0.337 e. The minimum atomic E-state index is -0.546. The van der Waals surface area contributed by atoms with Gasteiger partial charge in [-0.3, -0.25) is 4.79 Å². The second-order valence-corrected chi connectivity index (χ2v) is 7.92. The van der Waals surface area contributed by atoms with Crippen molar-refractivity contribution in [3.63, 3.8) is 0 Å². The third-order valence-electron chi connectivity index (χ3n) is 6.17. The standard InChI is InChI=1S/C22H28N2O6/c1-28-21(27)18-14-24(10-11-25)20(26)19(18)23-17-4-2-15(3-5-17)16-6-8-22(9-7-16)29-12-13-30-22/h2-5,16,23,25H,6-14H2,1H3. The van der Waals surface area contributed by atoms with Crippen molar-refractivity contribution in [1.82, 2.24) is 4.90 Å². The fourth-order valence-corrected chi connectivity index (χ4v) is 4.51. The summed E-state index contributed by atoms with van der Waals surface area (Å²) >= 11 is 0. The number of nitrogens with one attached hydrogen (secondary N) is 1. The first-order chi connectivity index (χ1) is 14.5. The Morgan fingerprint density at radius 3 is 2.50 bits per heavy atom. The molecule has 0 bridgehead atoms. The molecule has 0 radical (unpaired) electrons. The van der Waals surface area contributed by atoms with Gasteiger partial charge in [0, 0.05) is 25.1 Å². The summed E-state index contributed by atoms with van der Waals surface area (Å²) in [5.41, 5.74) is 2.45. The summed E-state index contributed by atoms with van der Waals surface area (Å²) in [6.07, 6.45) is 3.84. The number of aliphatic hydroxyl groups is 1. The van der Waals surface area contributed by atoms with Gasteiger partial charge in [0.25, 0.3) is 5.91 Å². The smallest absolute Gasteiger partial charge is 0.337 e. The van der Waals surface area contributed by atoms with Crippen molar-refractivity contribution in [1.29, 1.82) is 0 Å². The number of hydrogen-bond donors (Lipinski definition) is 2. The first kappa shape index (κ1) is 20.8. The molecule has 4 rings (SSSR count). The highest BCUT2D eigenvalue weighted by molar-refractivity contribution is 6.08. The van der Waals surface area contributed by atoms with Gasteiger partial charge in [0.05, 0.1) is 39.0 Å². The summed E-state index contributed by atoms with van der Waals surface area (Å²) in [5, 5.41) is 12.2. The van der Waals surface area contributed by atoms with Crippen LogP contribution in [0.2, 0.25) is 0 Å². The van der Waals surface area contributed by atoms with E-state index in [4.69, 9.17) is 19.3 Å². The number of nitrogens with zero attached hydrogens (tertiary/aromatic N) is 1. The van der Waals surface area contributed by atoms with E-state index in [0.717, 1.165) is 31.4 Å².